The lowest BCUT2D eigenvalue weighted by Gasteiger charge is -2.22. The summed E-state index contributed by atoms with van der Waals surface area (Å²) in [6.07, 6.45) is 2.10. The Morgan fingerprint density at radius 2 is 0.818 bits per heavy atom. The largest absolute Gasteiger partial charge is 1.00 e. The van der Waals surface area contributed by atoms with Gasteiger partial charge in [-0.1, -0.05) is 188 Å². The molecular weight excluding hydrogens is 1430 g/mol. The quantitative estimate of drug-likeness (QED) is 0.0171. The van der Waals surface area contributed by atoms with Crippen LogP contribution in [0, 0.1) is 0 Å². The van der Waals surface area contributed by atoms with E-state index in [2.05, 4.69) is 62.0 Å². The van der Waals surface area contributed by atoms with Crippen molar-refractivity contribution in [3.63, 3.8) is 0 Å². The minimum Gasteiger partial charge on any atom is -1.00 e. The van der Waals surface area contributed by atoms with E-state index in [-0.39, 0.29) is 53.7 Å². The van der Waals surface area contributed by atoms with Crippen molar-refractivity contribution < 1.29 is 74.7 Å². The maximum atomic E-state index is 12.5. The van der Waals surface area contributed by atoms with Crippen LogP contribution in [0.5, 0.6) is 28.7 Å². The van der Waals surface area contributed by atoms with Crippen LogP contribution < -0.4 is 51.9 Å². The van der Waals surface area contributed by atoms with Crippen molar-refractivity contribution in [2.24, 2.45) is 4.99 Å². The number of rotatable bonds is 29. The number of benzene rings is 10. The fraction of sp³-hybridized carbons (Fsp3) is 0.258. The van der Waals surface area contributed by atoms with Crippen molar-refractivity contribution in [3.8, 4) is 28.7 Å². The number of esters is 1. The van der Waals surface area contributed by atoms with Gasteiger partial charge in [0.2, 0.25) is 12.2 Å². The molecule has 5 N–H and O–H groups in total. The van der Waals surface area contributed by atoms with Gasteiger partial charge in [-0.05, 0) is 199 Å². The molecule has 0 spiro atoms. The van der Waals surface area contributed by atoms with E-state index < -0.39 is 29.2 Å². The van der Waals surface area contributed by atoms with Crippen LogP contribution in [0.15, 0.2) is 291 Å². The standard InChI is InChI=1S/C24H28N4O5.C19H25NO2S.C16H15NO2.C15H17NO.C15H14O2.ClH/c1-17(2)32-23(29)22(13-28-16-25-15-26-28)33-24(30)27-18(3)20-9-11-21(12-10-20)31-14-19-7-5-4-6-8-19;1-15(20-23(21)19(2,3)4)17-10-12-18(13-11-17)22-14-16-8-6-5-7-9-16;1-13(17-12-18)15-7-9-16(10-8-15)19-11-14-5-3-2-4-6-14;2*1-12(16)14-7-9-15(10-8-14)17-11-13-5-3-2-4-6-13;/h4-12,15-18,22H,13-14H2,1-3H3,(H,27,30);5-13,15,20H,14H2,1-4H3;2-10,13H,11H2,1H3;2-10,12H,11,16H2,1H3;2-10H,11H2,1H3;1H/t18-,22+;15-,23-;13-;12-;;/m0000../s1. The predicted molar refractivity (Wildman–Crippen MR) is 426 cm³/mol. The van der Waals surface area contributed by atoms with Gasteiger partial charge in [0.25, 0.3) is 0 Å². The average molecular weight is 1530 g/mol. The van der Waals surface area contributed by atoms with E-state index in [1.165, 1.54) is 28.5 Å². The van der Waals surface area contributed by atoms with Crippen LogP contribution in [0.1, 0.15) is 154 Å². The molecule has 21 heteroatoms. The summed E-state index contributed by atoms with van der Waals surface area (Å²) in [5, 5.41) is 6.69. The number of ketones is 1. The van der Waals surface area contributed by atoms with Gasteiger partial charge < -0.3 is 56.6 Å². The van der Waals surface area contributed by atoms with Gasteiger partial charge in [0.05, 0.1) is 40.5 Å². The Labute approximate surface area is 655 Å². The van der Waals surface area contributed by atoms with E-state index >= 15 is 0 Å². The highest BCUT2D eigenvalue weighted by Crippen LogP contribution is 2.25. The summed E-state index contributed by atoms with van der Waals surface area (Å²) in [5.41, 5.74) is 14.5. The maximum absolute atomic E-state index is 12.5. The number of aromatic nitrogens is 3. The molecule has 0 saturated carbocycles. The Kier molecular flexibility index (Phi) is 37.6. The molecule has 0 aliphatic carbocycles. The first-order valence-electron chi connectivity index (χ1n) is 36.0. The number of nitrogens with zero attached hydrogens (tertiary/aromatic N) is 4. The van der Waals surface area contributed by atoms with Crippen LogP contribution in [0.2, 0.25) is 0 Å². The summed E-state index contributed by atoms with van der Waals surface area (Å²) in [6.45, 7) is 21.4. The Hall–Kier alpha value is -11.5. The van der Waals surface area contributed by atoms with Gasteiger partial charge in [-0.2, -0.15) is 10.1 Å². The molecular formula is C89H100ClN7O12S. The molecule has 11 rings (SSSR count). The molecule has 0 aliphatic rings. The van der Waals surface area contributed by atoms with Gasteiger partial charge in [-0.3, -0.25) is 4.79 Å². The number of nitrogens with one attached hydrogen (secondary N) is 2. The monoisotopic (exact) mass is 1530 g/mol. The lowest BCUT2D eigenvalue weighted by molar-refractivity contribution is -0.420. The smallest absolute Gasteiger partial charge is 0.408 e. The van der Waals surface area contributed by atoms with Gasteiger partial charge in [0.15, 0.2) is 5.78 Å². The van der Waals surface area contributed by atoms with Gasteiger partial charge in [0.1, 0.15) is 80.5 Å². The average Bonchev–Trinajstić information content (AvgIpc) is 0.954. The van der Waals surface area contributed by atoms with Gasteiger partial charge in [-0.15, -0.1) is 0 Å². The first-order valence-corrected chi connectivity index (χ1v) is 37.1. The fourth-order valence-electron chi connectivity index (χ4n) is 9.88. The number of hydrogen-bond donors (Lipinski definition) is 3. The summed E-state index contributed by atoms with van der Waals surface area (Å²) in [4.78, 5) is 53.6. The summed E-state index contributed by atoms with van der Waals surface area (Å²) < 4.78 is 55.6. The number of Topliss-reactive ketones (excluding diaryl/α,β-unsaturated/α-hetero) is 1. The number of carbonyl (C=O) groups is 3. The molecule has 10 aromatic carbocycles. The lowest BCUT2D eigenvalue weighted by Crippen LogP contribution is -3.00. The van der Waals surface area contributed by atoms with E-state index in [9.17, 15) is 23.4 Å². The van der Waals surface area contributed by atoms with Crippen LogP contribution in [0.4, 0.5) is 4.79 Å². The number of ether oxygens (including phenoxy) is 7. The van der Waals surface area contributed by atoms with Crippen LogP contribution in [0.3, 0.4) is 0 Å². The number of isocyanates is 1. The van der Waals surface area contributed by atoms with Gasteiger partial charge in [0, 0.05) is 17.2 Å². The van der Waals surface area contributed by atoms with Crippen molar-refractivity contribution in [3.05, 3.63) is 341 Å². The minimum atomic E-state index is -1.16. The lowest BCUT2D eigenvalue weighted by atomic mass is 10.1. The molecule has 0 radical (unpaired) electrons. The number of carbonyl (C=O) groups excluding carboxylic acids is 4. The number of quaternary nitrogens is 1. The molecule has 19 nitrogen and oxygen atoms in total. The molecule has 1 amide bonds. The Balaban J connectivity index is 0.000000220. The van der Waals surface area contributed by atoms with Crippen molar-refractivity contribution in [1.29, 1.82) is 0 Å². The van der Waals surface area contributed by atoms with E-state index in [1.807, 2.05) is 278 Å². The molecule has 110 heavy (non-hydrogen) atoms. The number of hydrogen-bond acceptors (Lipinski definition) is 15. The normalized spacial score (nSPS) is 12.1. The van der Waals surface area contributed by atoms with E-state index in [0.717, 1.165) is 67.7 Å². The molecule has 0 aliphatic heterocycles. The summed E-state index contributed by atoms with van der Waals surface area (Å²) in [6, 6.07) is 88.2. The van der Waals surface area contributed by atoms with Crippen LogP contribution >= 0.6 is 0 Å². The highest BCUT2D eigenvalue weighted by molar-refractivity contribution is 7.84. The topological polar surface area (TPSA) is 245 Å². The first-order chi connectivity index (χ1) is 52.6. The molecule has 0 bridgehead atoms. The maximum Gasteiger partial charge on any atom is 0.408 e. The van der Waals surface area contributed by atoms with Gasteiger partial charge >= 0.3 is 12.1 Å². The molecule has 576 valence electrons. The van der Waals surface area contributed by atoms with E-state index in [0.29, 0.717) is 44.6 Å². The molecule has 1 heterocycles. The zero-order valence-corrected chi connectivity index (χ0v) is 65.6. The number of aliphatic imine (C=N–C) groups is 1. The summed E-state index contributed by atoms with van der Waals surface area (Å²) in [5.74, 6) is 3.46. The van der Waals surface area contributed by atoms with Crippen molar-refractivity contribution >= 4 is 34.9 Å². The zero-order valence-electron chi connectivity index (χ0n) is 64.0. The Bertz CT molecular complexity index is 4470. The molecule has 0 unspecified atom stereocenters. The number of halogens is 1. The third kappa shape index (κ3) is 32.9. The van der Waals surface area contributed by atoms with Crippen molar-refractivity contribution in [1.82, 2.24) is 24.8 Å². The second-order valence-corrected chi connectivity index (χ2v) is 28.6. The molecule has 0 saturated heterocycles. The van der Waals surface area contributed by atoms with Crippen molar-refractivity contribution in [2.45, 2.75) is 150 Å². The fourth-order valence-corrected chi connectivity index (χ4v) is 10.7. The Morgan fingerprint density at radius 1 is 0.482 bits per heavy atom. The highest BCUT2D eigenvalue weighted by Gasteiger charge is 2.28. The SMILES string of the molecule is CC(=O)c1ccc(OCc2ccccc2)cc1.CC(C)OC(=O)[C@@H](Cn1cncn1)OC(=O)N[C@@H](C)c1ccc(OCc2ccccc2)cc1.C[C@H](N=C=O)c1ccc(OCc2ccccc2)cc1.C[C@H](N[S@@](=O)C(C)(C)C)c1ccc(OCc2ccccc2)cc1.C[C@H]([NH3+])c1ccc(OCc2ccccc2)cc1.[Cl-]. The predicted octanol–water partition coefficient (Wildman–Crippen LogP) is 14.7. The number of alkyl carbamates (subject to hydrolysis) is 1. The van der Waals surface area contributed by atoms with E-state index in [1.54, 1.807) is 39.0 Å². The second kappa shape index (κ2) is 47.3. The van der Waals surface area contributed by atoms with E-state index in [4.69, 9.17) is 33.2 Å². The molecule has 1 aromatic heterocycles. The zero-order chi connectivity index (χ0) is 78.2. The third-order valence-corrected chi connectivity index (χ3v) is 17.9. The highest BCUT2D eigenvalue weighted by atomic mass is 35.5. The minimum absolute atomic E-state index is 0. The summed E-state index contributed by atoms with van der Waals surface area (Å²) in [7, 11) is -1.08. The van der Waals surface area contributed by atoms with Gasteiger partial charge in [-0.25, -0.2) is 33.0 Å². The molecule has 0 fully saturated rings. The summed E-state index contributed by atoms with van der Waals surface area (Å²) >= 11 is 0. The van der Waals surface area contributed by atoms with Crippen molar-refractivity contribution in [2.75, 3.05) is 0 Å². The molecule has 11 aromatic rings. The third-order valence-electron chi connectivity index (χ3n) is 16.2. The molecule has 6 atom stereocenters. The van der Waals surface area contributed by atoms with Crippen LogP contribution in [-0.2, 0) is 69.6 Å². The Morgan fingerprint density at radius 3 is 1.13 bits per heavy atom. The second-order valence-electron chi connectivity index (χ2n) is 26.6. The van der Waals surface area contributed by atoms with Crippen LogP contribution in [-0.4, -0.2) is 59.9 Å². The van der Waals surface area contributed by atoms with Crippen LogP contribution in [0.25, 0.3) is 0 Å². The first kappa shape index (κ1) is 87.4. The number of amides is 1.